The van der Waals surface area contributed by atoms with Crippen molar-refractivity contribution < 1.29 is 4.74 Å². The number of ether oxygens (including phenoxy) is 1. The Hall–Kier alpha value is -2.33. The SMILES string of the molecule is COC1=Nc2c(CCN)c3c4ccccc4cn3c2=CC1. The summed E-state index contributed by atoms with van der Waals surface area (Å²) in [5, 5.41) is 3.67. The Morgan fingerprint density at radius 3 is 3.00 bits per heavy atom. The molecule has 4 rings (SSSR count). The normalized spacial score (nSPS) is 14.1. The topological polar surface area (TPSA) is 52.0 Å². The van der Waals surface area contributed by atoms with Crippen LogP contribution in [0.3, 0.4) is 0 Å². The standard InChI is InChI=1S/C17H17N3O/c1-21-15-7-6-14-16(19-15)13(8-9-18)17-12-5-3-2-4-11(12)10-20(14)17/h2-6,10H,7-9,18H2,1H3. The maximum absolute atomic E-state index is 5.82. The van der Waals surface area contributed by atoms with Crippen molar-refractivity contribution >= 4 is 34.0 Å². The highest BCUT2D eigenvalue weighted by Gasteiger charge is 2.19. The van der Waals surface area contributed by atoms with E-state index in [0.29, 0.717) is 6.54 Å². The van der Waals surface area contributed by atoms with Gasteiger partial charge in [-0.2, -0.15) is 0 Å². The minimum absolute atomic E-state index is 0.615. The van der Waals surface area contributed by atoms with Gasteiger partial charge in [-0.05, 0) is 19.0 Å². The lowest BCUT2D eigenvalue weighted by Crippen LogP contribution is -2.14. The average Bonchev–Trinajstić information content (AvgIpc) is 3.03. The first-order valence-corrected chi connectivity index (χ1v) is 7.19. The predicted molar refractivity (Wildman–Crippen MR) is 86.1 cm³/mol. The summed E-state index contributed by atoms with van der Waals surface area (Å²) in [7, 11) is 1.67. The molecule has 0 bridgehead atoms. The van der Waals surface area contributed by atoms with E-state index in [2.05, 4.69) is 45.9 Å². The lowest BCUT2D eigenvalue weighted by Gasteiger charge is -2.07. The summed E-state index contributed by atoms with van der Waals surface area (Å²) in [6.45, 7) is 0.615. The third-order valence-corrected chi connectivity index (χ3v) is 4.14. The fourth-order valence-electron chi connectivity index (χ4n) is 3.22. The van der Waals surface area contributed by atoms with E-state index in [1.54, 1.807) is 7.11 Å². The Morgan fingerprint density at radius 2 is 2.19 bits per heavy atom. The quantitative estimate of drug-likeness (QED) is 0.781. The zero-order valence-corrected chi connectivity index (χ0v) is 12.0. The molecule has 3 heterocycles. The summed E-state index contributed by atoms with van der Waals surface area (Å²) in [6.07, 6.45) is 5.93. The van der Waals surface area contributed by atoms with Crippen LogP contribution < -0.4 is 11.1 Å². The molecular weight excluding hydrogens is 262 g/mol. The monoisotopic (exact) mass is 279 g/mol. The molecule has 3 aromatic rings. The van der Waals surface area contributed by atoms with Gasteiger partial charge < -0.3 is 14.9 Å². The van der Waals surface area contributed by atoms with Gasteiger partial charge in [-0.3, -0.25) is 0 Å². The highest BCUT2D eigenvalue weighted by atomic mass is 16.5. The van der Waals surface area contributed by atoms with Gasteiger partial charge in [0.05, 0.1) is 23.7 Å². The third kappa shape index (κ3) is 1.69. The molecule has 0 unspecified atom stereocenters. The Morgan fingerprint density at radius 1 is 1.33 bits per heavy atom. The molecule has 4 nitrogen and oxygen atoms in total. The minimum atomic E-state index is 0.615. The van der Waals surface area contributed by atoms with E-state index >= 15 is 0 Å². The van der Waals surface area contributed by atoms with Crippen LogP contribution in [-0.4, -0.2) is 24.0 Å². The van der Waals surface area contributed by atoms with Crippen LogP contribution in [-0.2, 0) is 11.2 Å². The van der Waals surface area contributed by atoms with Crippen LogP contribution in [0.5, 0.6) is 0 Å². The van der Waals surface area contributed by atoms with Gasteiger partial charge in [-0.25, -0.2) is 4.99 Å². The van der Waals surface area contributed by atoms with Crippen LogP contribution in [0.4, 0.5) is 5.69 Å². The predicted octanol–water partition coefficient (Wildman–Crippen LogP) is 2.17. The molecule has 4 heteroatoms. The van der Waals surface area contributed by atoms with Crippen LogP contribution in [0.2, 0.25) is 0 Å². The number of hydrogen-bond acceptors (Lipinski definition) is 3. The molecule has 2 aromatic heterocycles. The summed E-state index contributed by atoms with van der Waals surface area (Å²) in [5.74, 6) is 0.762. The smallest absolute Gasteiger partial charge is 0.192 e. The van der Waals surface area contributed by atoms with E-state index < -0.39 is 0 Å². The van der Waals surface area contributed by atoms with Gasteiger partial charge in [0.2, 0.25) is 0 Å². The molecule has 0 aliphatic carbocycles. The van der Waals surface area contributed by atoms with Crippen LogP contribution >= 0.6 is 0 Å². The second-order valence-electron chi connectivity index (χ2n) is 5.30. The number of aromatic nitrogens is 1. The zero-order chi connectivity index (χ0) is 14.4. The van der Waals surface area contributed by atoms with Crippen molar-refractivity contribution in [1.82, 2.24) is 4.40 Å². The number of hydrogen-bond donors (Lipinski definition) is 1. The van der Waals surface area contributed by atoms with Gasteiger partial charge in [-0.15, -0.1) is 0 Å². The molecule has 1 aliphatic heterocycles. The molecule has 0 radical (unpaired) electrons. The van der Waals surface area contributed by atoms with Crippen molar-refractivity contribution in [3.05, 3.63) is 41.4 Å². The summed E-state index contributed by atoms with van der Waals surface area (Å²) >= 11 is 0. The molecule has 21 heavy (non-hydrogen) atoms. The van der Waals surface area contributed by atoms with Gasteiger partial charge in [0, 0.05) is 29.0 Å². The number of nitrogens with two attached hydrogens (primary N) is 1. The lowest BCUT2D eigenvalue weighted by molar-refractivity contribution is 0.396. The number of rotatable bonds is 2. The number of aliphatic imine (C=N–C) groups is 1. The Labute approximate surface area is 122 Å². The van der Waals surface area contributed by atoms with E-state index in [1.807, 2.05) is 0 Å². The van der Waals surface area contributed by atoms with E-state index in [1.165, 1.54) is 21.9 Å². The first kappa shape index (κ1) is 12.4. The molecule has 0 amide bonds. The van der Waals surface area contributed by atoms with Gasteiger partial charge in [0.15, 0.2) is 5.90 Å². The number of benzene rings is 1. The van der Waals surface area contributed by atoms with E-state index in [-0.39, 0.29) is 0 Å². The molecule has 0 saturated heterocycles. The molecule has 0 saturated carbocycles. The van der Waals surface area contributed by atoms with Crippen molar-refractivity contribution in [2.75, 3.05) is 13.7 Å². The van der Waals surface area contributed by atoms with Crippen LogP contribution in [0.15, 0.2) is 35.5 Å². The molecule has 1 aromatic carbocycles. The highest BCUT2D eigenvalue weighted by molar-refractivity contribution is 6.02. The second-order valence-corrected chi connectivity index (χ2v) is 5.30. The average molecular weight is 279 g/mol. The molecule has 0 fully saturated rings. The third-order valence-electron chi connectivity index (χ3n) is 4.14. The first-order valence-electron chi connectivity index (χ1n) is 7.19. The summed E-state index contributed by atoms with van der Waals surface area (Å²) in [5.41, 5.74) is 9.30. The van der Waals surface area contributed by atoms with Gasteiger partial charge in [-0.1, -0.05) is 24.3 Å². The molecule has 1 aliphatic rings. The molecular formula is C17H17N3O. The largest absolute Gasteiger partial charge is 0.484 e. The fourth-order valence-corrected chi connectivity index (χ4v) is 3.22. The van der Waals surface area contributed by atoms with Crippen molar-refractivity contribution in [3.63, 3.8) is 0 Å². The van der Waals surface area contributed by atoms with Crippen molar-refractivity contribution in [2.45, 2.75) is 12.8 Å². The maximum atomic E-state index is 5.82. The van der Waals surface area contributed by atoms with E-state index in [0.717, 1.165) is 29.8 Å². The van der Waals surface area contributed by atoms with Gasteiger partial charge in [0.1, 0.15) is 0 Å². The maximum Gasteiger partial charge on any atom is 0.192 e. The number of fused-ring (bicyclic) bond motifs is 5. The van der Waals surface area contributed by atoms with E-state index in [9.17, 15) is 0 Å². The minimum Gasteiger partial charge on any atom is -0.484 e. The Kier molecular flexibility index (Phi) is 2.72. The molecule has 0 atom stereocenters. The molecule has 0 spiro atoms. The Balaban J connectivity index is 2.15. The van der Waals surface area contributed by atoms with Crippen molar-refractivity contribution in [3.8, 4) is 0 Å². The Bertz CT molecular complexity index is 921. The summed E-state index contributed by atoms with van der Waals surface area (Å²) < 4.78 is 7.57. The van der Waals surface area contributed by atoms with Gasteiger partial charge >= 0.3 is 0 Å². The van der Waals surface area contributed by atoms with Crippen LogP contribution in [0.25, 0.3) is 22.4 Å². The summed E-state index contributed by atoms with van der Waals surface area (Å²) in [6, 6.07) is 8.46. The van der Waals surface area contributed by atoms with Crippen molar-refractivity contribution in [2.24, 2.45) is 10.7 Å². The molecule has 2 N–H and O–H groups in total. The second kappa shape index (κ2) is 4.60. The van der Waals surface area contributed by atoms with Crippen LogP contribution in [0.1, 0.15) is 12.0 Å². The fraction of sp³-hybridized carbons (Fsp3) is 0.235. The van der Waals surface area contributed by atoms with E-state index in [4.69, 9.17) is 10.5 Å². The number of nitrogens with zero attached hydrogens (tertiary/aromatic N) is 2. The number of methoxy groups -OCH3 is 1. The van der Waals surface area contributed by atoms with Crippen LogP contribution in [0, 0.1) is 0 Å². The molecule has 106 valence electrons. The zero-order valence-electron chi connectivity index (χ0n) is 12.0. The van der Waals surface area contributed by atoms with Crippen molar-refractivity contribution in [1.29, 1.82) is 0 Å². The lowest BCUT2D eigenvalue weighted by atomic mass is 10.1. The van der Waals surface area contributed by atoms with Gasteiger partial charge in [0.25, 0.3) is 0 Å². The first-order chi connectivity index (χ1) is 10.3. The summed E-state index contributed by atoms with van der Waals surface area (Å²) in [4.78, 5) is 4.69. The highest BCUT2D eigenvalue weighted by Crippen LogP contribution is 2.31.